The van der Waals surface area contributed by atoms with Crippen LogP contribution < -0.4 is 9.16 Å². The van der Waals surface area contributed by atoms with Gasteiger partial charge in [0.15, 0.2) is 0 Å². The monoisotopic (exact) mass is 524 g/mol. The number of halogens is 1. The lowest BCUT2D eigenvalue weighted by Crippen LogP contribution is -2.49. The van der Waals surface area contributed by atoms with Gasteiger partial charge < -0.3 is 13.9 Å². The molecule has 0 radical (unpaired) electrons. The third kappa shape index (κ3) is 5.36. The van der Waals surface area contributed by atoms with Crippen LogP contribution in [0.2, 0.25) is 13.1 Å². The van der Waals surface area contributed by atoms with Gasteiger partial charge in [-0.2, -0.15) is 0 Å². The number of hydrogen-bond donors (Lipinski definition) is 0. The van der Waals surface area contributed by atoms with E-state index in [0.29, 0.717) is 25.0 Å². The number of para-hydroxylation sites is 2. The molecule has 0 amide bonds. The van der Waals surface area contributed by atoms with E-state index >= 15 is 0 Å². The molecule has 36 heavy (non-hydrogen) atoms. The Morgan fingerprint density at radius 3 is 2.25 bits per heavy atom. The smallest absolute Gasteiger partial charge is 0.229 e. The maximum atomic E-state index is 7.12. The minimum Gasteiger partial charge on any atom is -0.546 e. The Balaban J connectivity index is 1.53. The highest BCUT2D eigenvalue weighted by Gasteiger charge is 2.53. The summed E-state index contributed by atoms with van der Waals surface area (Å²) in [6.45, 7) is 12.3. The molecule has 0 aromatic heterocycles. The van der Waals surface area contributed by atoms with Crippen LogP contribution in [0.5, 0.6) is 11.5 Å². The summed E-state index contributed by atoms with van der Waals surface area (Å²) in [5.41, 5.74) is 3.84. The van der Waals surface area contributed by atoms with Gasteiger partial charge in [-0.05, 0) is 97.7 Å². The number of benzene rings is 2. The van der Waals surface area contributed by atoms with Gasteiger partial charge in [-0.25, -0.2) is 0 Å². The van der Waals surface area contributed by atoms with E-state index in [1.807, 2.05) is 30.3 Å². The van der Waals surface area contributed by atoms with Crippen LogP contribution in [0.4, 0.5) is 0 Å². The van der Waals surface area contributed by atoms with Crippen molar-refractivity contribution in [1.29, 1.82) is 0 Å². The summed E-state index contributed by atoms with van der Waals surface area (Å²) in [5.74, 6) is 4.69. The van der Waals surface area contributed by atoms with Crippen LogP contribution in [0.3, 0.4) is 0 Å². The highest BCUT2D eigenvalue weighted by atomic mass is 35.5. The van der Waals surface area contributed by atoms with Crippen molar-refractivity contribution in [2.45, 2.75) is 76.3 Å². The van der Waals surface area contributed by atoms with E-state index in [1.165, 1.54) is 30.4 Å². The van der Waals surface area contributed by atoms with Crippen LogP contribution in [-0.2, 0) is 10.2 Å². The molecular weight excluding hydrogens is 484 g/mol. The first-order valence-corrected chi connectivity index (χ1v) is 16.8. The molecule has 2 aromatic carbocycles. The Labute approximate surface area is 223 Å². The Morgan fingerprint density at radius 1 is 0.944 bits per heavy atom. The van der Waals surface area contributed by atoms with Crippen molar-refractivity contribution in [2.24, 2.45) is 17.8 Å². The second kappa shape index (κ2) is 10.1. The summed E-state index contributed by atoms with van der Waals surface area (Å²) in [4.78, 5) is -0.0149. The van der Waals surface area contributed by atoms with Crippen molar-refractivity contribution in [2.75, 3.05) is 13.2 Å². The average molecular weight is 525 g/mol. The van der Waals surface area contributed by atoms with Gasteiger partial charge in [0.25, 0.3) is 0 Å². The molecule has 5 heteroatoms. The fourth-order valence-electron chi connectivity index (χ4n) is 6.87. The Hall–Kier alpha value is -1.91. The predicted molar refractivity (Wildman–Crippen MR) is 152 cm³/mol. The molecule has 6 rings (SSSR count). The molecule has 4 fully saturated rings. The second-order valence-electron chi connectivity index (χ2n) is 12.4. The highest BCUT2D eigenvalue weighted by molar-refractivity contribution is 6.49. The van der Waals surface area contributed by atoms with Gasteiger partial charge in [-0.3, -0.25) is 0 Å². The first kappa shape index (κ1) is 25.7. The number of rotatable bonds is 8. The fraction of sp³-hybridized carbons (Fsp3) is 0.548. The van der Waals surface area contributed by atoms with E-state index in [9.17, 15) is 0 Å². The second-order valence-corrected chi connectivity index (χ2v) is 15.5. The lowest BCUT2D eigenvalue weighted by molar-refractivity contribution is 0.0820. The van der Waals surface area contributed by atoms with E-state index in [1.54, 1.807) is 0 Å². The van der Waals surface area contributed by atoms with Crippen molar-refractivity contribution >= 4 is 26.4 Å². The maximum absolute atomic E-state index is 7.12. The number of allylic oxidation sites excluding steroid dienone is 1. The molecule has 4 aliphatic rings. The molecular formula is C31H41ClO3Si. The third-order valence-electron chi connectivity index (χ3n) is 8.02. The van der Waals surface area contributed by atoms with Crippen LogP contribution in [0.1, 0.15) is 64.0 Å². The summed E-state index contributed by atoms with van der Waals surface area (Å²) in [6, 6.07) is 16.6. The Kier molecular flexibility index (Phi) is 7.21. The summed E-state index contributed by atoms with van der Waals surface area (Å²) in [5, 5.41) is 0. The standard InChI is InChI=1S/C31H41ClO3Si/c1-30(2,3)26-13-9-12-25(28(26)35-36(4)5)29(34-15-14-33-24-10-7-6-8-11-24)27-22-16-21-17-23(27)20-31(32,18-21)19-22/h6-13,21-23,36H,14-20H2,1-5H3. The Bertz CT molecular complexity index is 1090. The van der Waals surface area contributed by atoms with Crippen LogP contribution >= 0.6 is 11.6 Å². The van der Waals surface area contributed by atoms with Gasteiger partial charge in [0.1, 0.15) is 30.5 Å². The zero-order valence-corrected chi connectivity index (χ0v) is 24.4. The predicted octanol–water partition coefficient (Wildman–Crippen LogP) is 7.97. The highest BCUT2D eigenvalue weighted by Crippen LogP contribution is 2.62. The van der Waals surface area contributed by atoms with Crippen molar-refractivity contribution in [1.82, 2.24) is 0 Å². The van der Waals surface area contributed by atoms with Crippen molar-refractivity contribution < 1.29 is 13.9 Å². The molecule has 194 valence electrons. The minimum atomic E-state index is -1.35. The quantitative estimate of drug-likeness (QED) is 0.152. The van der Waals surface area contributed by atoms with Gasteiger partial charge in [-0.1, -0.05) is 51.1 Å². The van der Waals surface area contributed by atoms with Gasteiger partial charge in [0, 0.05) is 4.87 Å². The molecule has 0 heterocycles. The van der Waals surface area contributed by atoms with Crippen LogP contribution in [0.15, 0.2) is 54.1 Å². The zero-order chi connectivity index (χ0) is 25.5. The molecule has 4 bridgehead atoms. The lowest BCUT2D eigenvalue weighted by Gasteiger charge is -2.55. The Morgan fingerprint density at radius 2 is 1.64 bits per heavy atom. The van der Waals surface area contributed by atoms with Gasteiger partial charge in [-0.15, -0.1) is 11.6 Å². The molecule has 2 atom stereocenters. The zero-order valence-electron chi connectivity index (χ0n) is 22.5. The summed E-state index contributed by atoms with van der Waals surface area (Å²) in [6.07, 6.45) is 5.79. The third-order valence-corrected chi connectivity index (χ3v) is 9.19. The van der Waals surface area contributed by atoms with Gasteiger partial charge in [0.05, 0.1) is 5.56 Å². The fourth-order valence-corrected chi connectivity index (χ4v) is 8.18. The molecule has 2 unspecified atom stereocenters. The number of hydrogen-bond acceptors (Lipinski definition) is 3. The van der Waals surface area contributed by atoms with Crippen molar-refractivity contribution in [3.8, 4) is 11.5 Å². The van der Waals surface area contributed by atoms with E-state index in [4.69, 9.17) is 25.5 Å². The maximum Gasteiger partial charge on any atom is 0.229 e. The molecule has 4 aliphatic carbocycles. The minimum absolute atomic E-state index is 0.0149. The largest absolute Gasteiger partial charge is 0.546 e. The normalized spacial score (nSPS) is 26.9. The van der Waals surface area contributed by atoms with Crippen LogP contribution in [0.25, 0.3) is 5.76 Å². The van der Waals surface area contributed by atoms with Gasteiger partial charge >= 0.3 is 0 Å². The molecule has 4 saturated carbocycles. The molecule has 0 saturated heterocycles. The molecule has 0 N–H and O–H groups in total. The van der Waals surface area contributed by atoms with Crippen LogP contribution in [-0.4, -0.2) is 27.1 Å². The molecule has 0 aliphatic heterocycles. The topological polar surface area (TPSA) is 27.7 Å². The molecule has 2 aromatic rings. The number of alkyl halides is 1. The van der Waals surface area contributed by atoms with Crippen molar-refractivity contribution in [3.63, 3.8) is 0 Å². The lowest BCUT2D eigenvalue weighted by atomic mass is 9.53. The van der Waals surface area contributed by atoms with E-state index in [-0.39, 0.29) is 10.3 Å². The van der Waals surface area contributed by atoms with Crippen LogP contribution in [0, 0.1) is 17.8 Å². The summed E-state index contributed by atoms with van der Waals surface area (Å²) >= 11 is 7.12. The van der Waals surface area contributed by atoms with Gasteiger partial charge in [0.2, 0.25) is 9.04 Å². The van der Waals surface area contributed by atoms with E-state index in [0.717, 1.165) is 41.6 Å². The summed E-state index contributed by atoms with van der Waals surface area (Å²) < 4.78 is 19.4. The SMILES string of the molecule is C[SiH](C)Oc1c(C(OCCOc2ccccc2)=C2C3CC4CC2CC(Cl)(C4)C3)cccc1C(C)(C)C. The average Bonchev–Trinajstić information content (AvgIpc) is 2.79. The summed E-state index contributed by atoms with van der Waals surface area (Å²) in [7, 11) is -1.35. The molecule has 3 nitrogen and oxygen atoms in total. The first-order chi connectivity index (χ1) is 17.1. The number of ether oxygens (including phenoxy) is 2. The van der Waals surface area contributed by atoms with Crippen molar-refractivity contribution in [3.05, 3.63) is 65.2 Å². The molecule has 0 spiro atoms. The van der Waals surface area contributed by atoms with E-state index < -0.39 is 9.04 Å². The van der Waals surface area contributed by atoms with E-state index in [2.05, 4.69) is 52.1 Å². The first-order valence-electron chi connectivity index (χ1n) is 13.7.